The number of carboxylic acids is 1. The highest BCUT2D eigenvalue weighted by molar-refractivity contribution is 7.09. The normalized spacial score (nSPS) is 15.9. The summed E-state index contributed by atoms with van der Waals surface area (Å²) in [6, 6.07) is 0.475. The van der Waals surface area contributed by atoms with E-state index in [2.05, 4.69) is 18.7 Å². The molecule has 18 heavy (non-hydrogen) atoms. The second-order valence-electron chi connectivity index (χ2n) is 4.85. The van der Waals surface area contributed by atoms with Gasteiger partial charge in [0.2, 0.25) is 0 Å². The van der Waals surface area contributed by atoms with Crippen molar-refractivity contribution in [1.29, 1.82) is 0 Å². The van der Waals surface area contributed by atoms with Crippen LogP contribution in [0.5, 0.6) is 0 Å². The van der Waals surface area contributed by atoms with E-state index >= 15 is 0 Å². The van der Waals surface area contributed by atoms with Gasteiger partial charge < -0.3 is 9.67 Å². The highest BCUT2D eigenvalue weighted by atomic mass is 32.1. The van der Waals surface area contributed by atoms with E-state index in [-0.39, 0.29) is 11.3 Å². The first-order chi connectivity index (χ1) is 8.49. The lowest BCUT2D eigenvalue weighted by molar-refractivity contribution is -0.137. The summed E-state index contributed by atoms with van der Waals surface area (Å²) in [5.74, 6) is -0.860. The summed E-state index contributed by atoms with van der Waals surface area (Å²) in [4.78, 5) is 25.9. The fourth-order valence-corrected chi connectivity index (χ4v) is 3.35. The summed E-state index contributed by atoms with van der Waals surface area (Å²) >= 11 is 1.26. The third-order valence-electron chi connectivity index (χ3n) is 3.34. The number of thiazole rings is 1. The molecule has 1 aliphatic heterocycles. The fraction of sp³-hybridized carbons (Fsp3) is 0.667. The molecule has 0 spiro atoms. The molecule has 1 aromatic rings. The SMILES string of the molecule is CC(C)N1CCc2c(sc(=O)n2CCC(=O)O)C1. The zero-order chi connectivity index (χ0) is 13.3. The Morgan fingerprint density at radius 2 is 2.22 bits per heavy atom. The summed E-state index contributed by atoms with van der Waals surface area (Å²) in [6.07, 6.45) is 0.850. The molecule has 1 aliphatic rings. The number of rotatable bonds is 4. The number of fused-ring (bicyclic) bond motifs is 1. The highest BCUT2D eigenvalue weighted by Gasteiger charge is 2.24. The molecule has 5 nitrogen and oxygen atoms in total. The van der Waals surface area contributed by atoms with Gasteiger partial charge in [0.15, 0.2) is 0 Å². The second-order valence-corrected chi connectivity index (χ2v) is 5.89. The number of nitrogens with zero attached hydrogens (tertiary/aromatic N) is 2. The Morgan fingerprint density at radius 3 is 2.83 bits per heavy atom. The number of hydrogen-bond acceptors (Lipinski definition) is 4. The lowest BCUT2D eigenvalue weighted by Gasteiger charge is -2.30. The number of hydrogen-bond donors (Lipinski definition) is 1. The van der Waals surface area contributed by atoms with Crippen LogP contribution in [0.15, 0.2) is 4.79 Å². The molecule has 0 radical (unpaired) electrons. The van der Waals surface area contributed by atoms with Crippen LogP contribution in [0.3, 0.4) is 0 Å². The Kier molecular flexibility index (Phi) is 3.87. The van der Waals surface area contributed by atoms with Crippen LogP contribution in [0.25, 0.3) is 0 Å². The molecule has 0 unspecified atom stereocenters. The van der Waals surface area contributed by atoms with E-state index in [1.54, 1.807) is 4.57 Å². The minimum atomic E-state index is -0.860. The summed E-state index contributed by atoms with van der Waals surface area (Å²) in [6.45, 7) is 6.34. The summed E-state index contributed by atoms with van der Waals surface area (Å²) in [5, 5.41) is 8.70. The van der Waals surface area contributed by atoms with E-state index in [0.717, 1.165) is 30.1 Å². The quantitative estimate of drug-likeness (QED) is 0.891. The van der Waals surface area contributed by atoms with Gasteiger partial charge in [0.05, 0.1) is 6.42 Å². The molecule has 0 fully saturated rings. The average molecular weight is 270 g/mol. The average Bonchev–Trinajstić information content (AvgIpc) is 2.60. The Labute approximate surface area is 110 Å². The number of aliphatic carboxylic acids is 1. The first kappa shape index (κ1) is 13.3. The van der Waals surface area contributed by atoms with Crippen molar-refractivity contribution in [1.82, 2.24) is 9.47 Å². The van der Waals surface area contributed by atoms with E-state index in [1.807, 2.05) is 0 Å². The lowest BCUT2D eigenvalue weighted by Crippen LogP contribution is -2.36. The van der Waals surface area contributed by atoms with Crippen LogP contribution in [0.4, 0.5) is 0 Å². The standard InChI is InChI=1S/C12H18N2O3S/c1-8(2)13-5-3-9-10(7-13)18-12(17)14(9)6-4-11(15)16/h8H,3-7H2,1-2H3,(H,15,16). The van der Waals surface area contributed by atoms with Crippen LogP contribution >= 0.6 is 11.3 Å². The van der Waals surface area contributed by atoms with Crippen molar-refractivity contribution in [2.24, 2.45) is 0 Å². The molecule has 0 saturated heterocycles. The topological polar surface area (TPSA) is 62.5 Å². The first-order valence-electron chi connectivity index (χ1n) is 6.16. The molecule has 2 heterocycles. The Morgan fingerprint density at radius 1 is 1.50 bits per heavy atom. The third kappa shape index (κ3) is 2.64. The maximum atomic E-state index is 11.9. The second kappa shape index (κ2) is 5.24. The third-order valence-corrected chi connectivity index (χ3v) is 4.35. The molecule has 6 heteroatoms. The van der Waals surface area contributed by atoms with E-state index < -0.39 is 5.97 Å². The summed E-state index contributed by atoms with van der Waals surface area (Å²) < 4.78 is 1.64. The molecular formula is C12H18N2O3S. The van der Waals surface area contributed by atoms with Gasteiger partial charge in [0, 0.05) is 42.7 Å². The van der Waals surface area contributed by atoms with Gasteiger partial charge in [-0.2, -0.15) is 0 Å². The Hall–Kier alpha value is -1.14. The van der Waals surface area contributed by atoms with Crippen molar-refractivity contribution in [3.05, 3.63) is 20.2 Å². The van der Waals surface area contributed by atoms with Crippen LogP contribution in [0.1, 0.15) is 30.8 Å². The minimum Gasteiger partial charge on any atom is -0.481 e. The molecule has 0 aliphatic carbocycles. The molecule has 1 aromatic heterocycles. The molecule has 0 saturated carbocycles. The van der Waals surface area contributed by atoms with Gasteiger partial charge in [0.1, 0.15) is 0 Å². The van der Waals surface area contributed by atoms with Crippen molar-refractivity contribution >= 4 is 17.3 Å². The van der Waals surface area contributed by atoms with Gasteiger partial charge in [-0.3, -0.25) is 14.5 Å². The van der Waals surface area contributed by atoms with E-state index in [0.29, 0.717) is 12.6 Å². The molecule has 0 amide bonds. The highest BCUT2D eigenvalue weighted by Crippen LogP contribution is 2.23. The monoisotopic (exact) mass is 270 g/mol. The van der Waals surface area contributed by atoms with Gasteiger partial charge >= 0.3 is 10.8 Å². The van der Waals surface area contributed by atoms with Gasteiger partial charge in [0.25, 0.3) is 0 Å². The predicted octanol–water partition coefficient (Wildman–Crippen LogP) is 1.15. The molecule has 0 aromatic carbocycles. The van der Waals surface area contributed by atoms with Crippen LogP contribution in [-0.4, -0.2) is 33.1 Å². The smallest absolute Gasteiger partial charge is 0.307 e. The Bertz CT molecular complexity index is 504. The number of carbonyl (C=O) groups is 1. The van der Waals surface area contributed by atoms with Crippen LogP contribution < -0.4 is 4.87 Å². The van der Waals surface area contributed by atoms with Crippen molar-refractivity contribution in [2.75, 3.05) is 6.54 Å². The van der Waals surface area contributed by atoms with Gasteiger partial charge in [-0.25, -0.2) is 0 Å². The maximum absolute atomic E-state index is 11.9. The summed E-state index contributed by atoms with van der Waals surface area (Å²) in [5.41, 5.74) is 1.04. The zero-order valence-electron chi connectivity index (χ0n) is 10.7. The molecule has 0 bridgehead atoms. The minimum absolute atomic E-state index is 0.0109. The Balaban J connectivity index is 2.20. The van der Waals surface area contributed by atoms with Gasteiger partial charge in [-0.1, -0.05) is 11.3 Å². The molecule has 2 rings (SSSR count). The van der Waals surface area contributed by atoms with E-state index in [4.69, 9.17) is 5.11 Å². The van der Waals surface area contributed by atoms with Crippen molar-refractivity contribution < 1.29 is 9.90 Å². The lowest BCUT2D eigenvalue weighted by atomic mass is 10.1. The number of aromatic nitrogens is 1. The first-order valence-corrected chi connectivity index (χ1v) is 6.98. The van der Waals surface area contributed by atoms with Crippen molar-refractivity contribution in [2.45, 2.75) is 45.8 Å². The predicted molar refractivity (Wildman–Crippen MR) is 70.1 cm³/mol. The van der Waals surface area contributed by atoms with Crippen LogP contribution in [-0.2, 0) is 24.3 Å². The van der Waals surface area contributed by atoms with Crippen LogP contribution in [0.2, 0.25) is 0 Å². The van der Waals surface area contributed by atoms with Crippen LogP contribution in [0, 0.1) is 0 Å². The van der Waals surface area contributed by atoms with Gasteiger partial charge in [-0.05, 0) is 13.8 Å². The molecular weight excluding hydrogens is 252 g/mol. The fourth-order valence-electron chi connectivity index (χ4n) is 2.27. The molecule has 1 N–H and O–H groups in total. The molecule has 100 valence electrons. The zero-order valence-corrected chi connectivity index (χ0v) is 11.5. The van der Waals surface area contributed by atoms with E-state index in [9.17, 15) is 9.59 Å². The number of carboxylic acid groups (broad SMARTS) is 1. The van der Waals surface area contributed by atoms with E-state index in [1.165, 1.54) is 11.3 Å². The van der Waals surface area contributed by atoms with Gasteiger partial charge in [-0.15, -0.1) is 0 Å². The maximum Gasteiger partial charge on any atom is 0.307 e. The largest absolute Gasteiger partial charge is 0.481 e. The van der Waals surface area contributed by atoms with Crippen molar-refractivity contribution in [3.63, 3.8) is 0 Å². The summed E-state index contributed by atoms with van der Waals surface area (Å²) in [7, 11) is 0. The van der Waals surface area contributed by atoms with Crippen molar-refractivity contribution in [3.8, 4) is 0 Å². The molecule has 0 atom stereocenters.